The molecule has 0 unspecified atom stereocenters. The smallest absolute Gasteiger partial charge is 0.179 e. The summed E-state index contributed by atoms with van der Waals surface area (Å²) in [5.74, 6) is 0.167. The number of hydrogen-bond donors (Lipinski definition) is 2. The first-order valence-corrected chi connectivity index (χ1v) is 8.78. The largest absolute Gasteiger partial charge is 0.507 e. The Bertz CT molecular complexity index is 666. The Balaban J connectivity index is 0.000000204. The number of hydrogen-bond acceptors (Lipinski definition) is 5. The summed E-state index contributed by atoms with van der Waals surface area (Å²) in [6.45, 7) is 0. The van der Waals surface area contributed by atoms with Crippen molar-refractivity contribution in [3.05, 3.63) is 48.5 Å². The van der Waals surface area contributed by atoms with Crippen LogP contribution in [0.1, 0.15) is 0 Å². The molecule has 0 aliphatic carbocycles. The van der Waals surface area contributed by atoms with E-state index in [1.807, 2.05) is 24.5 Å². The Labute approximate surface area is 123 Å². The van der Waals surface area contributed by atoms with Crippen molar-refractivity contribution in [2.45, 2.75) is 9.79 Å². The Hall–Kier alpha value is -1.66. The van der Waals surface area contributed by atoms with Crippen LogP contribution in [0.5, 0.6) is 11.5 Å². The predicted molar refractivity (Wildman–Crippen MR) is 81.1 cm³/mol. The van der Waals surface area contributed by atoms with Crippen molar-refractivity contribution < 1.29 is 18.6 Å². The average Bonchev–Trinajstić information content (AvgIpc) is 2.39. The number of phenolic OH excluding ortho intramolecular Hbond substituents is 2. The minimum Gasteiger partial charge on any atom is -0.507 e. The van der Waals surface area contributed by atoms with Crippen molar-refractivity contribution in [3.63, 3.8) is 0 Å². The van der Waals surface area contributed by atoms with Crippen molar-refractivity contribution in [2.75, 3.05) is 12.5 Å². The summed E-state index contributed by atoms with van der Waals surface area (Å²) in [6, 6.07) is 13.1. The lowest BCUT2D eigenvalue weighted by atomic mass is 10.3. The van der Waals surface area contributed by atoms with Crippen LogP contribution >= 0.6 is 11.8 Å². The Morgan fingerprint density at radius 3 is 1.75 bits per heavy atom. The molecule has 0 saturated heterocycles. The Kier molecular flexibility index (Phi) is 5.91. The van der Waals surface area contributed by atoms with E-state index < -0.39 is 9.84 Å². The van der Waals surface area contributed by atoms with Crippen molar-refractivity contribution in [2.24, 2.45) is 0 Å². The molecular formula is C14H16O4S2. The molecule has 108 valence electrons. The fourth-order valence-corrected chi connectivity index (χ4v) is 2.67. The second-order valence-electron chi connectivity index (χ2n) is 3.91. The van der Waals surface area contributed by atoms with E-state index >= 15 is 0 Å². The second kappa shape index (κ2) is 7.21. The van der Waals surface area contributed by atoms with Crippen LogP contribution in [-0.4, -0.2) is 31.1 Å². The summed E-state index contributed by atoms with van der Waals surface area (Å²) < 4.78 is 21.8. The molecule has 0 spiro atoms. The molecule has 2 rings (SSSR count). The van der Waals surface area contributed by atoms with Gasteiger partial charge in [0.15, 0.2) is 9.84 Å². The molecule has 0 fully saturated rings. The molecule has 0 radical (unpaired) electrons. The van der Waals surface area contributed by atoms with Crippen molar-refractivity contribution >= 4 is 21.6 Å². The van der Waals surface area contributed by atoms with Crippen LogP contribution in [-0.2, 0) is 9.84 Å². The highest BCUT2D eigenvalue weighted by Gasteiger charge is 2.10. The van der Waals surface area contributed by atoms with E-state index in [1.165, 1.54) is 12.1 Å². The van der Waals surface area contributed by atoms with Gasteiger partial charge in [-0.05, 0) is 30.5 Å². The average molecular weight is 312 g/mol. The molecule has 0 saturated carbocycles. The number of phenols is 2. The predicted octanol–water partition coefficient (Wildman–Crippen LogP) is 2.91. The molecular weight excluding hydrogens is 296 g/mol. The third-order valence-corrected chi connectivity index (χ3v) is 4.28. The molecule has 6 heteroatoms. The number of sulfone groups is 1. The summed E-state index contributed by atoms with van der Waals surface area (Å²) in [7, 11) is -3.28. The quantitative estimate of drug-likeness (QED) is 0.834. The summed E-state index contributed by atoms with van der Waals surface area (Å²) >= 11 is 1.55. The summed E-state index contributed by atoms with van der Waals surface area (Å²) in [5.41, 5.74) is 0. The maximum Gasteiger partial charge on any atom is 0.179 e. The van der Waals surface area contributed by atoms with E-state index in [9.17, 15) is 8.42 Å². The second-order valence-corrected chi connectivity index (χ2v) is 6.74. The van der Waals surface area contributed by atoms with Gasteiger partial charge in [-0.2, -0.15) is 0 Å². The molecule has 0 amide bonds. The van der Waals surface area contributed by atoms with Gasteiger partial charge in [-0.15, -0.1) is 11.8 Å². The highest BCUT2D eigenvalue weighted by Crippen LogP contribution is 2.24. The molecule has 0 aliphatic rings. The van der Waals surface area contributed by atoms with Crippen LogP contribution in [0.25, 0.3) is 0 Å². The van der Waals surface area contributed by atoms with Gasteiger partial charge in [0.05, 0.1) is 0 Å². The maximum absolute atomic E-state index is 10.9. The number of aromatic hydroxyl groups is 2. The minimum absolute atomic E-state index is 0.0278. The summed E-state index contributed by atoms with van der Waals surface area (Å²) in [5, 5.41) is 18.2. The first kappa shape index (κ1) is 16.4. The highest BCUT2D eigenvalue weighted by molar-refractivity contribution is 7.98. The first-order chi connectivity index (χ1) is 9.36. The Morgan fingerprint density at radius 1 is 0.900 bits per heavy atom. The van der Waals surface area contributed by atoms with Gasteiger partial charge in [-0.1, -0.05) is 24.3 Å². The molecule has 2 aromatic carbocycles. The normalized spacial score (nSPS) is 10.5. The van der Waals surface area contributed by atoms with Gasteiger partial charge in [-0.25, -0.2) is 8.42 Å². The lowest BCUT2D eigenvalue weighted by Crippen LogP contribution is -1.96. The zero-order valence-corrected chi connectivity index (χ0v) is 12.8. The SMILES string of the molecule is CS(=O)(=O)c1ccccc1O.CSc1ccccc1O. The van der Waals surface area contributed by atoms with E-state index in [4.69, 9.17) is 10.2 Å². The third-order valence-electron chi connectivity index (χ3n) is 2.35. The van der Waals surface area contributed by atoms with Crippen LogP contribution < -0.4 is 0 Å². The van der Waals surface area contributed by atoms with Gasteiger partial charge < -0.3 is 10.2 Å². The van der Waals surface area contributed by atoms with E-state index in [2.05, 4.69) is 0 Å². The molecule has 0 aliphatic heterocycles. The lowest BCUT2D eigenvalue weighted by Gasteiger charge is -1.99. The molecule has 4 nitrogen and oxygen atoms in total. The molecule has 0 bridgehead atoms. The zero-order chi connectivity index (χ0) is 15.2. The molecule has 0 heterocycles. The lowest BCUT2D eigenvalue weighted by molar-refractivity contribution is 0.459. The van der Waals surface area contributed by atoms with Crippen LogP contribution in [0, 0.1) is 0 Å². The van der Waals surface area contributed by atoms with Crippen molar-refractivity contribution in [1.29, 1.82) is 0 Å². The number of benzene rings is 2. The Morgan fingerprint density at radius 2 is 1.40 bits per heavy atom. The van der Waals surface area contributed by atoms with Gasteiger partial charge in [-0.3, -0.25) is 0 Å². The fraction of sp³-hybridized carbons (Fsp3) is 0.143. The van der Waals surface area contributed by atoms with Crippen molar-refractivity contribution in [1.82, 2.24) is 0 Å². The van der Waals surface area contributed by atoms with E-state index in [-0.39, 0.29) is 10.6 Å². The topological polar surface area (TPSA) is 74.6 Å². The summed E-state index contributed by atoms with van der Waals surface area (Å²) in [4.78, 5) is 0.900. The third kappa shape index (κ3) is 4.79. The van der Waals surface area contributed by atoms with E-state index in [1.54, 1.807) is 30.0 Å². The van der Waals surface area contributed by atoms with Crippen LogP contribution in [0.4, 0.5) is 0 Å². The number of rotatable bonds is 2. The van der Waals surface area contributed by atoms with Crippen LogP contribution in [0.2, 0.25) is 0 Å². The van der Waals surface area contributed by atoms with Gasteiger partial charge in [0.1, 0.15) is 16.4 Å². The maximum atomic E-state index is 10.9. The van der Waals surface area contributed by atoms with Crippen molar-refractivity contribution in [3.8, 4) is 11.5 Å². The van der Waals surface area contributed by atoms with E-state index in [0.29, 0.717) is 5.75 Å². The monoisotopic (exact) mass is 312 g/mol. The standard InChI is InChI=1S/C7H8O3S.C7H8OS/c1-11(9,10)7-5-3-2-4-6(7)8;1-9-7-5-3-2-4-6(7)8/h2-5,8H,1H3;2-5,8H,1H3. The number of para-hydroxylation sites is 2. The van der Waals surface area contributed by atoms with Gasteiger partial charge >= 0.3 is 0 Å². The molecule has 2 N–H and O–H groups in total. The zero-order valence-electron chi connectivity index (χ0n) is 11.1. The van der Waals surface area contributed by atoms with Crippen LogP contribution in [0.3, 0.4) is 0 Å². The van der Waals surface area contributed by atoms with Gasteiger partial charge in [0.25, 0.3) is 0 Å². The first-order valence-electron chi connectivity index (χ1n) is 5.66. The fourth-order valence-electron chi connectivity index (χ4n) is 1.40. The molecule has 0 atom stereocenters. The van der Waals surface area contributed by atoms with Gasteiger partial charge in [0.2, 0.25) is 0 Å². The molecule has 0 aromatic heterocycles. The molecule has 20 heavy (non-hydrogen) atoms. The highest BCUT2D eigenvalue weighted by atomic mass is 32.2. The van der Waals surface area contributed by atoms with Crippen LogP contribution in [0.15, 0.2) is 58.3 Å². The van der Waals surface area contributed by atoms with Gasteiger partial charge in [0, 0.05) is 11.2 Å². The minimum atomic E-state index is -3.28. The number of thioether (sulfide) groups is 1. The molecule has 2 aromatic rings. The van der Waals surface area contributed by atoms with E-state index in [0.717, 1.165) is 11.2 Å². The summed E-state index contributed by atoms with van der Waals surface area (Å²) in [6.07, 6.45) is 3.00.